The number of amides is 1. The van der Waals surface area contributed by atoms with Crippen molar-refractivity contribution in [1.29, 1.82) is 0 Å². The Morgan fingerprint density at radius 1 is 0.964 bits per heavy atom. The first-order valence-corrected chi connectivity index (χ1v) is 9.88. The average Bonchev–Trinajstić information content (AvgIpc) is 3.17. The molecule has 0 aliphatic carbocycles. The molecule has 0 unspecified atom stereocenters. The summed E-state index contributed by atoms with van der Waals surface area (Å²) in [6.45, 7) is 11.7. The topological polar surface area (TPSA) is 42.0 Å². The quantitative estimate of drug-likeness (QED) is 0.815. The number of hydrogen-bond acceptors (Lipinski definition) is 4. The Bertz CT molecular complexity index is 899. The fourth-order valence-corrected chi connectivity index (χ4v) is 4.03. The number of anilines is 1. The van der Waals surface area contributed by atoms with Gasteiger partial charge in [0.25, 0.3) is 0 Å². The van der Waals surface area contributed by atoms with Crippen LogP contribution in [0.15, 0.2) is 36.4 Å². The number of fused-ring (bicyclic) bond motifs is 1. The number of piperazine rings is 1. The summed E-state index contributed by atoms with van der Waals surface area (Å²) >= 11 is 0. The van der Waals surface area contributed by atoms with Gasteiger partial charge in [0.2, 0.25) is 12.7 Å². The summed E-state index contributed by atoms with van der Waals surface area (Å²) in [4.78, 5) is 17.7. The van der Waals surface area contributed by atoms with Crippen LogP contribution in [-0.2, 0) is 10.2 Å². The highest BCUT2D eigenvalue weighted by atomic mass is 16.7. The lowest BCUT2D eigenvalue weighted by Crippen LogP contribution is -2.53. The Morgan fingerprint density at radius 2 is 1.68 bits per heavy atom. The van der Waals surface area contributed by atoms with Gasteiger partial charge in [-0.25, -0.2) is 0 Å². The fraction of sp³-hybridized carbons (Fsp3) is 0.435. The van der Waals surface area contributed by atoms with Gasteiger partial charge in [-0.3, -0.25) is 4.79 Å². The van der Waals surface area contributed by atoms with Gasteiger partial charge in [0.1, 0.15) is 0 Å². The third-order valence-corrected chi connectivity index (χ3v) is 6.11. The van der Waals surface area contributed by atoms with Crippen LogP contribution in [0.25, 0.3) is 0 Å². The van der Waals surface area contributed by atoms with Gasteiger partial charge < -0.3 is 19.3 Å². The van der Waals surface area contributed by atoms with E-state index < -0.39 is 5.41 Å². The van der Waals surface area contributed by atoms with Crippen molar-refractivity contribution in [1.82, 2.24) is 4.90 Å². The third-order valence-electron chi connectivity index (χ3n) is 6.11. The lowest BCUT2D eigenvalue weighted by Gasteiger charge is -2.40. The molecule has 2 aliphatic rings. The van der Waals surface area contributed by atoms with Crippen LogP contribution in [0.3, 0.4) is 0 Å². The van der Waals surface area contributed by atoms with E-state index in [1.54, 1.807) is 0 Å². The molecule has 5 heteroatoms. The molecule has 0 aromatic heterocycles. The zero-order chi connectivity index (χ0) is 19.9. The molecule has 0 bridgehead atoms. The Labute approximate surface area is 166 Å². The van der Waals surface area contributed by atoms with Crippen LogP contribution in [0.2, 0.25) is 0 Å². The van der Waals surface area contributed by atoms with Crippen LogP contribution in [0.4, 0.5) is 5.69 Å². The monoisotopic (exact) mass is 380 g/mol. The normalized spacial score (nSPS) is 16.4. The molecule has 1 fully saturated rings. The minimum Gasteiger partial charge on any atom is -0.454 e. The van der Waals surface area contributed by atoms with Crippen molar-refractivity contribution in [3.05, 3.63) is 53.1 Å². The summed E-state index contributed by atoms with van der Waals surface area (Å²) in [6, 6.07) is 12.2. The molecule has 2 aromatic rings. The van der Waals surface area contributed by atoms with E-state index in [0.717, 1.165) is 43.2 Å². The average molecular weight is 380 g/mol. The van der Waals surface area contributed by atoms with E-state index >= 15 is 0 Å². The predicted octanol–water partition coefficient (Wildman–Crippen LogP) is 3.66. The molecule has 0 radical (unpaired) electrons. The van der Waals surface area contributed by atoms with Gasteiger partial charge in [-0.1, -0.05) is 18.2 Å². The van der Waals surface area contributed by atoms with Crippen LogP contribution >= 0.6 is 0 Å². The van der Waals surface area contributed by atoms with Gasteiger partial charge in [-0.15, -0.1) is 0 Å². The second-order valence-electron chi connectivity index (χ2n) is 8.19. The number of carbonyl (C=O) groups excluding carboxylic acids is 1. The highest BCUT2D eigenvalue weighted by molar-refractivity contribution is 5.88. The molecule has 2 aromatic carbocycles. The molecule has 0 atom stereocenters. The number of aryl methyl sites for hydroxylation is 1. The summed E-state index contributed by atoms with van der Waals surface area (Å²) in [7, 11) is 0. The molecule has 1 amide bonds. The highest BCUT2D eigenvalue weighted by Gasteiger charge is 2.36. The smallest absolute Gasteiger partial charge is 0.232 e. The molecule has 148 valence electrons. The maximum Gasteiger partial charge on any atom is 0.232 e. The lowest BCUT2D eigenvalue weighted by atomic mass is 9.82. The molecule has 2 heterocycles. The Morgan fingerprint density at radius 3 is 2.43 bits per heavy atom. The summed E-state index contributed by atoms with van der Waals surface area (Å²) in [6.07, 6.45) is 0. The molecule has 2 aliphatic heterocycles. The largest absolute Gasteiger partial charge is 0.454 e. The summed E-state index contributed by atoms with van der Waals surface area (Å²) in [5.74, 6) is 1.62. The van der Waals surface area contributed by atoms with Crippen molar-refractivity contribution in [2.24, 2.45) is 0 Å². The van der Waals surface area contributed by atoms with Crippen LogP contribution in [0.1, 0.15) is 30.5 Å². The van der Waals surface area contributed by atoms with Crippen molar-refractivity contribution < 1.29 is 14.3 Å². The van der Waals surface area contributed by atoms with E-state index in [0.29, 0.717) is 0 Å². The van der Waals surface area contributed by atoms with Crippen LogP contribution < -0.4 is 14.4 Å². The Balaban J connectivity index is 1.46. The summed E-state index contributed by atoms with van der Waals surface area (Å²) < 4.78 is 10.9. The van der Waals surface area contributed by atoms with Crippen molar-refractivity contribution in [3.63, 3.8) is 0 Å². The summed E-state index contributed by atoms with van der Waals surface area (Å²) in [5, 5.41) is 0. The minimum atomic E-state index is -0.609. The van der Waals surface area contributed by atoms with Gasteiger partial charge in [-0.2, -0.15) is 0 Å². The number of benzene rings is 2. The van der Waals surface area contributed by atoms with E-state index in [2.05, 4.69) is 36.9 Å². The van der Waals surface area contributed by atoms with Crippen molar-refractivity contribution in [2.45, 2.75) is 33.1 Å². The van der Waals surface area contributed by atoms with E-state index in [4.69, 9.17) is 9.47 Å². The van der Waals surface area contributed by atoms with Crippen LogP contribution in [0.5, 0.6) is 11.5 Å². The predicted molar refractivity (Wildman–Crippen MR) is 110 cm³/mol. The molecule has 0 saturated carbocycles. The number of carbonyl (C=O) groups is 1. The van der Waals surface area contributed by atoms with Gasteiger partial charge in [0.15, 0.2) is 11.5 Å². The second-order valence-corrected chi connectivity index (χ2v) is 8.19. The van der Waals surface area contributed by atoms with Crippen molar-refractivity contribution >= 4 is 11.6 Å². The third kappa shape index (κ3) is 3.19. The number of rotatable bonds is 3. The molecule has 28 heavy (non-hydrogen) atoms. The zero-order valence-corrected chi connectivity index (χ0v) is 17.1. The Hall–Kier alpha value is -2.69. The van der Waals surface area contributed by atoms with E-state index in [1.165, 1.54) is 16.8 Å². The maximum absolute atomic E-state index is 13.3. The van der Waals surface area contributed by atoms with E-state index in [9.17, 15) is 4.79 Å². The molecule has 4 rings (SSSR count). The maximum atomic E-state index is 13.3. The minimum absolute atomic E-state index is 0.159. The first-order valence-electron chi connectivity index (χ1n) is 9.88. The van der Waals surface area contributed by atoms with Gasteiger partial charge >= 0.3 is 0 Å². The van der Waals surface area contributed by atoms with Crippen molar-refractivity contribution in [2.75, 3.05) is 37.9 Å². The van der Waals surface area contributed by atoms with Gasteiger partial charge in [0, 0.05) is 31.9 Å². The van der Waals surface area contributed by atoms with Crippen molar-refractivity contribution in [3.8, 4) is 11.5 Å². The molecule has 0 spiro atoms. The second kappa shape index (κ2) is 7.04. The van der Waals surface area contributed by atoms with E-state index in [1.807, 2.05) is 36.9 Å². The SMILES string of the molecule is Cc1cccc(N2CCN(C(=O)C(C)(C)c3ccc4c(c3)OCO4)CC2)c1C. The number of nitrogens with zero attached hydrogens (tertiary/aromatic N) is 2. The number of hydrogen-bond donors (Lipinski definition) is 0. The van der Waals surface area contributed by atoms with E-state index in [-0.39, 0.29) is 12.7 Å². The molecular weight excluding hydrogens is 352 g/mol. The zero-order valence-electron chi connectivity index (χ0n) is 17.1. The highest BCUT2D eigenvalue weighted by Crippen LogP contribution is 2.37. The fourth-order valence-electron chi connectivity index (χ4n) is 4.03. The van der Waals surface area contributed by atoms with Crippen LogP contribution in [-0.4, -0.2) is 43.8 Å². The molecule has 5 nitrogen and oxygen atoms in total. The Kier molecular flexibility index (Phi) is 4.69. The lowest BCUT2D eigenvalue weighted by molar-refractivity contribution is -0.136. The summed E-state index contributed by atoms with van der Waals surface area (Å²) in [5.41, 5.74) is 4.26. The first-order chi connectivity index (χ1) is 13.4. The number of ether oxygens (including phenoxy) is 2. The first kappa shape index (κ1) is 18.7. The van der Waals surface area contributed by atoms with Crippen LogP contribution in [0, 0.1) is 13.8 Å². The molecule has 0 N–H and O–H groups in total. The van der Waals surface area contributed by atoms with Gasteiger partial charge in [-0.05, 0) is 62.6 Å². The standard InChI is InChI=1S/C23H28N2O3/c1-16-6-5-7-19(17(16)2)24-10-12-25(13-11-24)22(26)23(3,4)18-8-9-20-21(14-18)28-15-27-20/h5-9,14H,10-13,15H2,1-4H3. The van der Waals surface area contributed by atoms with Gasteiger partial charge in [0.05, 0.1) is 5.41 Å². The molecular formula is C23H28N2O3. The molecule has 1 saturated heterocycles.